The third-order valence-corrected chi connectivity index (χ3v) is 1.66. The summed E-state index contributed by atoms with van der Waals surface area (Å²) >= 11 is 0. The third-order valence-electron chi connectivity index (χ3n) is 1.66. The third kappa shape index (κ3) is 3.18. The van der Waals surface area contributed by atoms with Crippen LogP contribution in [0.15, 0.2) is 6.07 Å². The number of aryl methyl sites for hydroxylation is 1. The largest absolute Gasteiger partial charge is 0.481 e. The molecule has 0 radical (unpaired) electrons. The molecule has 0 aliphatic rings. The molecule has 0 fully saturated rings. The Morgan fingerprint density at radius 3 is 2.93 bits per heavy atom. The molecule has 0 amide bonds. The van der Waals surface area contributed by atoms with Gasteiger partial charge in [0.1, 0.15) is 0 Å². The molecule has 0 bridgehead atoms. The lowest BCUT2D eigenvalue weighted by Crippen LogP contribution is -2.08. The molecule has 0 spiro atoms. The van der Waals surface area contributed by atoms with E-state index in [0.29, 0.717) is 24.8 Å². The second-order valence-corrected chi connectivity index (χ2v) is 2.88. The number of hydrogen-bond donors (Lipinski definition) is 2. The Hall–Kier alpha value is -1.36. The average Bonchev–Trinajstić information content (AvgIpc) is 2.17. The first-order valence-electron chi connectivity index (χ1n) is 4.50. The summed E-state index contributed by atoms with van der Waals surface area (Å²) < 4.78 is 5.00. The molecular formula is C9H15N3O2. The summed E-state index contributed by atoms with van der Waals surface area (Å²) in [5.74, 6) is 1.08. The highest BCUT2D eigenvalue weighted by Gasteiger charge is 2.00. The quantitative estimate of drug-likeness (QED) is 0.676. The summed E-state index contributed by atoms with van der Waals surface area (Å²) in [6, 6.07) is 1.76. The molecule has 0 aromatic carbocycles. The molecule has 0 saturated carbocycles. The van der Waals surface area contributed by atoms with Gasteiger partial charge in [-0.05, 0) is 13.3 Å². The minimum atomic E-state index is 0.163. The number of ether oxygens (including phenoxy) is 1. The molecule has 0 aliphatic carbocycles. The highest BCUT2D eigenvalue weighted by Crippen LogP contribution is 2.10. The summed E-state index contributed by atoms with van der Waals surface area (Å²) in [7, 11) is 1.57. The molecule has 0 saturated heterocycles. The van der Waals surface area contributed by atoms with Crippen molar-refractivity contribution < 1.29 is 9.84 Å². The number of aromatic nitrogens is 2. The second-order valence-electron chi connectivity index (χ2n) is 2.88. The van der Waals surface area contributed by atoms with Crippen molar-refractivity contribution in [1.82, 2.24) is 9.97 Å². The summed E-state index contributed by atoms with van der Waals surface area (Å²) in [5.41, 5.74) is 0.850. The molecule has 2 N–H and O–H groups in total. The standard InChI is InChI=1S/C9H15N3O2/c1-7-6-8(14-2)12-9(11-7)10-4-3-5-13/h6,13H,3-5H2,1-2H3,(H,10,11,12). The highest BCUT2D eigenvalue weighted by atomic mass is 16.5. The lowest BCUT2D eigenvalue weighted by Gasteiger charge is -2.06. The molecule has 14 heavy (non-hydrogen) atoms. The van der Waals surface area contributed by atoms with Gasteiger partial charge in [-0.3, -0.25) is 0 Å². The molecule has 1 aromatic rings. The monoisotopic (exact) mass is 197 g/mol. The Kier molecular flexibility index (Phi) is 4.12. The fourth-order valence-electron chi connectivity index (χ4n) is 1.00. The van der Waals surface area contributed by atoms with Gasteiger partial charge < -0.3 is 15.2 Å². The number of hydrogen-bond acceptors (Lipinski definition) is 5. The molecule has 1 heterocycles. The van der Waals surface area contributed by atoms with Gasteiger partial charge in [0.05, 0.1) is 7.11 Å². The fraction of sp³-hybridized carbons (Fsp3) is 0.556. The van der Waals surface area contributed by atoms with Crippen LogP contribution in [0.2, 0.25) is 0 Å². The van der Waals surface area contributed by atoms with E-state index < -0.39 is 0 Å². The van der Waals surface area contributed by atoms with E-state index >= 15 is 0 Å². The van der Waals surface area contributed by atoms with Crippen molar-refractivity contribution >= 4 is 5.95 Å². The van der Waals surface area contributed by atoms with Gasteiger partial charge in [0.15, 0.2) is 0 Å². The van der Waals surface area contributed by atoms with Crippen LogP contribution in [0.25, 0.3) is 0 Å². The Balaban J connectivity index is 2.62. The first kappa shape index (κ1) is 10.7. The maximum atomic E-state index is 8.59. The van der Waals surface area contributed by atoms with Gasteiger partial charge in [0.25, 0.3) is 0 Å². The van der Waals surface area contributed by atoms with Gasteiger partial charge in [-0.2, -0.15) is 4.98 Å². The summed E-state index contributed by atoms with van der Waals surface area (Å²) in [6.07, 6.45) is 0.680. The predicted octanol–water partition coefficient (Wildman–Crippen LogP) is 0.588. The van der Waals surface area contributed by atoms with Gasteiger partial charge >= 0.3 is 0 Å². The van der Waals surface area contributed by atoms with Crippen LogP contribution in [0.1, 0.15) is 12.1 Å². The average molecular weight is 197 g/mol. The van der Waals surface area contributed by atoms with Crippen molar-refractivity contribution in [2.24, 2.45) is 0 Å². The van der Waals surface area contributed by atoms with Gasteiger partial charge in [-0.1, -0.05) is 0 Å². The van der Waals surface area contributed by atoms with E-state index in [2.05, 4.69) is 15.3 Å². The van der Waals surface area contributed by atoms with Gasteiger partial charge in [-0.15, -0.1) is 0 Å². The van der Waals surface area contributed by atoms with Crippen LogP contribution in [0.3, 0.4) is 0 Å². The van der Waals surface area contributed by atoms with Crippen LogP contribution < -0.4 is 10.1 Å². The molecule has 78 valence electrons. The summed E-state index contributed by atoms with van der Waals surface area (Å²) in [6.45, 7) is 2.69. The first-order chi connectivity index (χ1) is 6.76. The number of methoxy groups -OCH3 is 1. The first-order valence-corrected chi connectivity index (χ1v) is 4.50. The maximum absolute atomic E-state index is 8.59. The van der Waals surface area contributed by atoms with Gasteiger partial charge in [-0.25, -0.2) is 4.98 Å². The number of nitrogens with one attached hydrogen (secondary N) is 1. The lowest BCUT2D eigenvalue weighted by atomic mass is 10.4. The van der Waals surface area contributed by atoms with Crippen LogP contribution in [-0.4, -0.2) is 35.3 Å². The molecular weight excluding hydrogens is 182 g/mol. The van der Waals surface area contributed by atoms with Crippen molar-refractivity contribution in [3.05, 3.63) is 11.8 Å². The molecule has 0 unspecified atom stereocenters. The van der Waals surface area contributed by atoms with Crippen LogP contribution >= 0.6 is 0 Å². The SMILES string of the molecule is COc1cc(C)nc(NCCCO)n1. The van der Waals surface area contributed by atoms with E-state index in [4.69, 9.17) is 9.84 Å². The zero-order valence-corrected chi connectivity index (χ0v) is 8.45. The fourth-order valence-corrected chi connectivity index (χ4v) is 1.00. The van der Waals surface area contributed by atoms with E-state index in [1.165, 1.54) is 0 Å². The molecule has 1 aromatic heterocycles. The van der Waals surface area contributed by atoms with Crippen LogP contribution in [-0.2, 0) is 0 Å². The molecule has 1 rings (SSSR count). The number of rotatable bonds is 5. The Morgan fingerprint density at radius 2 is 2.29 bits per heavy atom. The minimum absolute atomic E-state index is 0.163. The lowest BCUT2D eigenvalue weighted by molar-refractivity contribution is 0.292. The number of aliphatic hydroxyl groups is 1. The Bertz CT molecular complexity index is 291. The topological polar surface area (TPSA) is 67.3 Å². The predicted molar refractivity (Wildman–Crippen MR) is 53.5 cm³/mol. The van der Waals surface area contributed by atoms with E-state index in [9.17, 15) is 0 Å². The van der Waals surface area contributed by atoms with Crippen LogP contribution in [0.5, 0.6) is 5.88 Å². The van der Waals surface area contributed by atoms with E-state index in [0.717, 1.165) is 5.69 Å². The zero-order chi connectivity index (χ0) is 10.4. The van der Waals surface area contributed by atoms with Crippen molar-refractivity contribution in [3.8, 4) is 5.88 Å². The number of nitrogens with zero attached hydrogens (tertiary/aromatic N) is 2. The van der Waals surface area contributed by atoms with Crippen molar-refractivity contribution in [1.29, 1.82) is 0 Å². The normalized spacial score (nSPS) is 9.93. The van der Waals surface area contributed by atoms with Crippen LogP contribution in [0.4, 0.5) is 5.95 Å². The van der Waals surface area contributed by atoms with Crippen molar-refractivity contribution in [2.75, 3.05) is 25.6 Å². The molecule has 5 heteroatoms. The highest BCUT2D eigenvalue weighted by molar-refractivity contribution is 5.30. The Morgan fingerprint density at radius 1 is 1.50 bits per heavy atom. The minimum Gasteiger partial charge on any atom is -0.481 e. The Labute approximate surface area is 83.2 Å². The zero-order valence-electron chi connectivity index (χ0n) is 8.45. The number of aliphatic hydroxyl groups excluding tert-OH is 1. The molecule has 0 aliphatic heterocycles. The smallest absolute Gasteiger partial charge is 0.226 e. The van der Waals surface area contributed by atoms with Crippen molar-refractivity contribution in [3.63, 3.8) is 0 Å². The summed E-state index contributed by atoms with van der Waals surface area (Å²) in [4.78, 5) is 8.27. The summed E-state index contributed by atoms with van der Waals surface area (Å²) in [5, 5.41) is 11.6. The van der Waals surface area contributed by atoms with Gasteiger partial charge in [0.2, 0.25) is 11.8 Å². The molecule has 0 atom stereocenters. The van der Waals surface area contributed by atoms with E-state index in [1.54, 1.807) is 13.2 Å². The molecule has 5 nitrogen and oxygen atoms in total. The second kappa shape index (κ2) is 5.39. The van der Waals surface area contributed by atoms with Gasteiger partial charge in [0, 0.05) is 24.9 Å². The van der Waals surface area contributed by atoms with E-state index in [-0.39, 0.29) is 6.61 Å². The van der Waals surface area contributed by atoms with Crippen molar-refractivity contribution in [2.45, 2.75) is 13.3 Å². The van der Waals surface area contributed by atoms with Crippen LogP contribution in [0, 0.1) is 6.92 Å². The number of anilines is 1. The van der Waals surface area contributed by atoms with E-state index in [1.807, 2.05) is 6.92 Å². The maximum Gasteiger partial charge on any atom is 0.226 e.